The lowest BCUT2D eigenvalue weighted by atomic mass is 10.1. The Balaban J connectivity index is 2.10. The van der Waals surface area contributed by atoms with Crippen LogP contribution in [0.5, 0.6) is 0 Å². The highest BCUT2D eigenvalue weighted by molar-refractivity contribution is 7.91. The summed E-state index contributed by atoms with van der Waals surface area (Å²) in [5.41, 5.74) is 0. The van der Waals surface area contributed by atoms with Gasteiger partial charge in [0.05, 0.1) is 0 Å². The van der Waals surface area contributed by atoms with Gasteiger partial charge in [-0.1, -0.05) is 0 Å². The van der Waals surface area contributed by atoms with Gasteiger partial charge in [0.2, 0.25) is 0 Å². The van der Waals surface area contributed by atoms with E-state index >= 15 is 0 Å². The second kappa shape index (κ2) is 7.00. The number of thiophene rings is 1. The highest BCUT2D eigenvalue weighted by Crippen LogP contribution is 2.27. The number of nitrogens with one attached hydrogen (secondary N) is 1. The highest BCUT2D eigenvalue weighted by atomic mass is 32.2. The van der Waals surface area contributed by atoms with Crippen molar-refractivity contribution in [3.05, 3.63) is 17.0 Å². The Hall–Kier alpha value is -0.470. The SMILES string of the molecule is CNCCc1ccc(S(=O)(=O)N(C)C2CCOCC2)s1. The first kappa shape index (κ1) is 15.9. The van der Waals surface area contributed by atoms with Crippen LogP contribution in [0.4, 0.5) is 0 Å². The summed E-state index contributed by atoms with van der Waals surface area (Å²) in [4.78, 5) is 1.10. The molecule has 1 N–H and O–H groups in total. The molecule has 1 aromatic rings. The van der Waals surface area contributed by atoms with Crippen LogP contribution in [-0.4, -0.2) is 52.6 Å². The summed E-state index contributed by atoms with van der Waals surface area (Å²) in [7, 11) is 0.205. The molecule has 114 valence electrons. The summed E-state index contributed by atoms with van der Waals surface area (Å²) in [6, 6.07) is 3.68. The molecule has 1 fully saturated rings. The predicted octanol–water partition coefficient (Wildman–Crippen LogP) is 1.31. The fourth-order valence-corrected chi connectivity index (χ4v) is 5.22. The van der Waals surface area contributed by atoms with Crippen LogP contribution in [0.2, 0.25) is 0 Å². The van der Waals surface area contributed by atoms with Crippen molar-refractivity contribution in [2.75, 3.05) is 33.9 Å². The predicted molar refractivity (Wildman–Crippen MR) is 80.7 cm³/mol. The quantitative estimate of drug-likeness (QED) is 0.859. The zero-order valence-electron chi connectivity index (χ0n) is 12.0. The standard InChI is InChI=1S/C13H22N2O3S2/c1-14-8-5-12-3-4-13(19-12)20(16,17)15(2)11-6-9-18-10-7-11/h3-4,11,14H,5-10H2,1-2H3. The van der Waals surface area contributed by atoms with E-state index < -0.39 is 10.0 Å². The molecule has 1 saturated heterocycles. The van der Waals surface area contributed by atoms with Crippen LogP contribution in [0, 0.1) is 0 Å². The molecule has 1 aromatic heterocycles. The van der Waals surface area contributed by atoms with E-state index in [1.165, 1.54) is 15.6 Å². The Kier molecular flexibility index (Phi) is 5.57. The number of rotatable bonds is 6. The van der Waals surface area contributed by atoms with E-state index in [0.29, 0.717) is 17.4 Å². The maximum absolute atomic E-state index is 12.6. The third-order valence-electron chi connectivity index (χ3n) is 3.60. The van der Waals surface area contributed by atoms with Crippen molar-refractivity contribution in [2.45, 2.75) is 29.5 Å². The maximum Gasteiger partial charge on any atom is 0.252 e. The van der Waals surface area contributed by atoms with Crippen molar-refractivity contribution in [2.24, 2.45) is 0 Å². The summed E-state index contributed by atoms with van der Waals surface area (Å²) in [5.74, 6) is 0. The molecule has 0 saturated carbocycles. The Bertz CT molecular complexity index is 521. The van der Waals surface area contributed by atoms with E-state index in [0.717, 1.165) is 30.7 Å². The third kappa shape index (κ3) is 3.59. The van der Waals surface area contributed by atoms with Crippen LogP contribution >= 0.6 is 11.3 Å². The van der Waals surface area contributed by atoms with Crippen molar-refractivity contribution in [3.63, 3.8) is 0 Å². The molecular weight excluding hydrogens is 296 g/mol. The topological polar surface area (TPSA) is 58.6 Å². The molecule has 20 heavy (non-hydrogen) atoms. The first-order valence-corrected chi connectivity index (χ1v) is 9.10. The molecule has 2 heterocycles. The summed E-state index contributed by atoms with van der Waals surface area (Å²) in [6.07, 6.45) is 2.40. The van der Waals surface area contributed by atoms with Gasteiger partial charge >= 0.3 is 0 Å². The summed E-state index contributed by atoms with van der Waals surface area (Å²) < 4.78 is 32.4. The van der Waals surface area contributed by atoms with Crippen LogP contribution in [0.1, 0.15) is 17.7 Å². The van der Waals surface area contributed by atoms with Gasteiger partial charge in [-0.05, 0) is 45.0 Å². The Labute approximate surface area is 125 Å². The van der Waals surface area contributed by atoms with Crippen molar-refractivity contribution in [1.82, 2.24) is 9.62 Å². The molecule has 0 atom stereocenters. The molecular formula is C13H22N2O3S2. The summed E-state index contributed by atoms with van der Waals surface area (Å²) in [5, 5.41) is 3.07. The number of likely N-dealkylation sites (N-methyl/N-ethyl adjacent to an activating group) is 1. The lowest BCUT2D eigenvalue weighted by molar-refractivity contribution is 0.0632. The minimum absolute atomic E-state index is 0.0524. The average molecular weight is 318 g/mol. The van der Waals surface area contributed by atoms with E-state index in [2.05, 4.69) is 5.32 Å². The van der Waals surface area contributed by atoms with Crippen molar-refractivity contribution < 1.29 is 13.2 Å². The molecule has 0 bridgehead atoms. The number of ether oxygens (including phenoxy) is 1. The molecule has 2 rings (SSSR count). The van der Waals surface area contributed by atoms with Gasteiger partial charge in [-0.2, -0.15) is 4.31 Å². The molecule has 0 amide bonds. The van der Waals surface area contributed by atoms with Gasteiger partial charge in [-0.25, -0.2) is 8.42 Å². The van der Waals surface area contributed by atoms with Crippen LogP contribution in [-0.2, 0) is 21.2 Å². The first-order chi connectivity index (χ1) is 9.55. The highest BCUT2D eigenvalue weighted by Gasteiger charge is 2.30. The Morgan fingerprint density at radius 1 is 1.40 bits per heavy atom. The Morgan fingerprint density at radius 3 is 2.75 bits per heavy atom. The van der Waals surface area contributed by atoms with Gasteiger partial charge in [-0.15, -0.1) is 11.3 Å². The van der Waals surface area contributed by atoms with E-state index in [1.807, 2.05) is 13.1 Å². The molecule has 0 radical (unpaired) electrons. The van der Waals surface area contributed by atoms with E-state index in [1.54, 1.807) is 13.1 Å². The largest absolute Gasteiger partial charge is 0.381 e. The fourth-order valence-electron chi connectivity index (χ4n) is 2.27. The van der Waals surface area contributed by atoms with Gasteiger partial charge in [-0.3, -0.25) is 0 Å². The number of sulfonamides is 1. The van der Waals surface area contributed by atoms with Gasteiger partial charge < -0.3 is 10.1 Å². The molecule has 0 spiro atoms. The minimum Gasteiger partial charge on any atom is -0.381 e. The van der Waals surface area contributed by atoms with Crippen LogP contribution in [0.3, 0.4) is 0 Å². The van der Waals surface area contributed by atoms with Crippen LogP contribution in [0.25, 0.3) is 0 Å². The first-order valence-electron chi connectivity index (χ1n) is 6.85. The number of nitrogens with zero attached hydrogens (tertiary/aromatic N) is 1. The lowest BCUT2D eigenvalue weighted by Crippen LogP contribution is -2.40. The monoisotopic (exact) mass is 318 g/mol. The second-order valence-electron chi connectivity index (χ2n) is 4.94. The van der Waals surface area contributed by atoms with Crippen molar-refractivity contribution in [1.29, 1.82) is 0 Å². The van der Waals surface area contributed by atoms with Crippen LogP contribution < -0.4 is 5.32 Å². The smallest absolute Gasteiger partial charge is 0.252 e. The average Bonchev–Trinajstić information content (AvgIpc) is 2.94. The zero-order chi connectivity index (χ0) is 14.6. The van der Waals surface area contributed by atoms with Gasteiger partial charge in [0.15, 0.2) is 0 Å². The van der Waals surface area contributed by atoms with E-state index in [-0.39, 0.29) is 6.04 Å². The Morgan fingerprint density at radius 2 is 2.10 bits per heavy atom. The van der Waals surface area contributed by atoms with Crippen molar-refractivity contribution >= 4 is 21.4 Å². The molecule has 5 nitrogen and oxygen atoms in total. The summed E-state index contributed by atoms with van der Waals surface area (Å²) >= 11 is 1.37. The molecule has 1 aliphatic heterocycles. The van der Waals surface area contributed by atoms with E-state index in [9.17, 15) is 8.42 Å². The maximum atomic E-state index is 12.6. The number of hydrogen-bond donors (Lipinski definition) is 1. The van der Waals surface area contributed by atoms with Gasteiger partial charge in [0.25, 0.3) is 10.0 Å². The summed E-state index contributed by atoms with van der Waals surface area (Å²) in [6.45, 7) is 2.14. The lowest BCUT2D eigenvalue weighted by Gasteiger charge is -2.29. The molecule has 7 heteroatoms. The second-order valence-corrected chi connectivity index (χ2v) is 8.33. The fraction of sp³-hybridized carbons (Fsp3) is 0.692. The van der Waals surface area contributed by atoms with Gasteiger partial charge in [0, 0.05) is 31.2 Å². The van der Waals surface area contributed by atoms with Gasteiger partial charge in [0.1, 0.15) is 4.21 Å². The third-order valence-corrected chi connectivity index (χ3v) is 7.12. The van der Waals surface area contributed by atoms with Crippen LogP contribution in [0.15, 0.2) is 16.3 Å². The van der Waals surface area contributed by atoms with Crippen molar-refractivity contribution in [3.8, 4) is 0 Å². The molecule has 0 aromatic carbocycles. The molecule has 1 aliphatic rings. The zero-order valence-corrected chi connectivity index (χ0v) is 13.6. The normalized spacial score (nSPS) is 17.8. The van der Waals surface area contributed by atoms with E-state index in [4.69, 9.17) is 4.74 Å². The minimum atomic E-state index is -3.37. The molecule has 0 unspecified atom stereocenters. The molecule has 0 aliphatic carbocycles. The number of hydrogen-bond acceptors (Lipinski definition) is 5.